The second-order valence-corrected chi connectivity index (χ2v) is 6.01. The first-order valence-electron chi connectivity index (χ1n) is 8.37. The first kappa shape index (κ1) is 14.9. The van der Waals surface area contributed by atoms with E-state index < -0.39 is 0 Å². The van der Waals surface area contributed by atoms with E-state index in [0.29, 0.717) is 18.8 Å². The lowest BCUT2D eigenvalue weighted by molar-refractivity contribution is 0.0781. The van der Waals surface area contributed by atoms with Crippen molar-refractivity contribution in [3.63, 3.8) is 0 Å². The Morgan fingerprint density at radius 1 is 1.12 bits per heavy atom. The number of likely N-dealkylation sites (tertiary alicyclic amines) is 1. The molecule has 0 N–H and O–H groups in total. The Morgan fingerprint density at radius 2 is 1.92 bits per heavy atom. The number of rotatable bonds is 5. The molecule has 24 heavy (non-hydrogen) atoms. The Bertz CT molecular complexity index is 829. The van der Waals surface area contributed by atoms with Crippen LogP contribution in [-0.4, -0.2) is 35.1 Å². The minimum absolute atomic E-state index is 0.0820. The van der Waals surface area contributed by atoms with Crippen molar-refractivity contribution in [2.75, 3.05) is 19.7 Å². The predicted molar refractivity (Wildman–Crippen MR) is 91.3 cm³/mol. The number of ether oxygens (including phenoxy) is 1. The lowest BCUT2D eigenvalue weighted by Crippen LogP contribution is -2.30. The highest BCUT2D eigenvalue weighted by molar-refractivity contribution is 5.97. The van der Waals surface area contributed by atoms with Gasteiger partial charge in [0.2, 0.25) is 0 Å². The van der Waals surface area contributed by atoms with Crippen molar-refractivity contribution in [3.05, 3.63) is 54.4 Å². The zero-order valence-electron chi connectivity index (χ0n) is 13.5. The average molecular weight is 324 g/mol. The molecule has 0 saturated carbocycles. The molecular formula is C19H20N2O3. The second kappa shape index (κ2) is 6.43. The Hall–Kier alpha value is -2.69. The Morgan fingerprint density at radius 3 is 2.71 bits per heavy atom. The third kappa shape index (κ3) is 2.77. The van der Waals surface area contributed by atoms with E-state index in [9.17, 15) is 4.79 Å². The van der Waals surface area contributed by atoms with Gasteiger partial charge in [-0.3, -0.25) is 4.79 Å². The van der Waals surface area contributed by atoms with Crippen LogP contribution in [0.5, 0.6) is 5.75 Å². The van der Waals surface area contributed by atoms with Crippen LogP contribution in [0.4, 0.5) is 0 Å². The van der Waals surface area contributed by atoms with Crippen LogP contribution in [0.2, 0.25) is 0 Å². The summed E-state index contributed by atoms with van der Waals surface area (Å²) in [6, 6.07) is 13.5. The van der Waals surface area contributed by atoms with Crippen LogP contribution in [0.25, 0.3) is 11.1 Å². The molecule has 3 aromatic rings. The minimum atomic E-state index is 0.0820. The smallest absolute Gasteiger partial charge is 0.270 e. The van der Waals surface area contributed by atoms with Crippen LogP contribution >= 0.6 is 0 Å². The van der Waals surface area contributed by atoms with E-state index in [2.05, 4.69) is 0 Å². The van der Waals surface area contributed by atoms with Gasteiger partial charge in [0.25, 0.3) is 5.91 Å². The maximum atomic E-state index is 12.8. The quantitative estimate of drug-likeness (QED) is 0.721. The van der Waals surface area contributed by atoms with E-state index in [1.165, 1.54) is 0 Å². The molecule has 0 unspecified atom stereocenters. The number of aromatic nitrogens is 1. The number of hydrogen-bond donors (Lipinski definition) is 0. The zero-order chi connectivity index (χ0) is 16.4. The van der Waals surface area contributed by atoms with Crippen LogP contribution in [0.15, 0.2) is 53.1 Å². The van der Waals surface area contributed by atoms with Gasteiger partial charge in [-0.1, -0.05) is 18.2 Å². The number of carbonyl (C=O) groups is 1. The molecule has 1 aliphatic heterocycles. The summed E-state index contributed by atoms with van der Waals surface area (Å²) in [5.74, 6) is 0.916. The molecule has 5 nitrogen and oxygen atoms in total. The molecule has 0 bridgehead atoms. The van der Waals surface area contributed by atoms with Gasteiger partial charge in [-0.05, 0) is 25.0 Å². The summed E-state index contributed by atoms with van der Waals surface area (Å²) >= 11 is 0. The molecule has 2 aromatic heterocycles. The molecule has 1 saturated heterocycles. The number of nitrogens with zero attached hydrogens (tertiary/aromatic N) is 2. The van der Waals surface area contributed by atoms with Gasteiger partial charge in [-0.2, -0.15) is 0 Å². The van der Waals surface area contributed by atoms with Crippen molar-refractivity contribution in [3.8, 4) is 5.75 Å². The summed E-state index contributed by atoms with van der Waals surface area (Å²) in [7, 11) is 0. The molecule has 124 valence electrons. The summed E-state index contributed by atoms with van der Waals surface area (Å²) in [6.07, 6.45) is 3.82. The number of para-hydroxylation sites is 1. The van der Waals surface area contributed by atoms with E-state index in [0.717, 1.165) is 42.8 Å². The lowest BCUT2D eigenvalue weighted by Gasteiger charge is -2.17. The number of furan rings is 1. The fourth-order valence-electron chi connectivity index (χ4n) is 3.25. The van der Waals surface area contributed by atoms with Crippen molar-refractivity contribution in [1.82, 2.24) is 9.47 Å². The standard InChI is InChI=1S/C19H20N2O3/c22-19(20-9-4-5-10-20)17-14-18-16(8-12-24-18)21(17)11-13-23-15-6-2-1-3-7-15/h1-3,6-8,12,14H,4-5,9-11,13H2. The molecule has 0 aliphatic carbocycles. The van der Waals surface area contributed by atoms with Crippen molar-refractivity contribution in [1.29, 1.82) is 0 Å². The van der Waals surface area contributed by atoms with Gasteiger partial charge >= 0.3 is 0 Å². The highest BCUT2D eigenvalue weighted by Gasteiger charge is 2.24. The van der Waals surface area contributed by atoms with Gasteiger partial charge in [0.1, 0.15) is 18.1 Å². The van der Waals surface area contributed by atoms with E-state index >= 15 is 0 Å². The van der Waals surface area contributed by atoms with Gasteiger partial charge in [-0.25, -0.2) is 0 Å². The second-order valence-electron chi connectivity index (χ2n) is 6.01. The highest BCUT2D eigenvalue weighted by Crippen LogP contribution is 2.23. The lowest BCUT2D eigenvalue weighted by atomic mass is 10.3. The number of carbonyl (C=O) groups excluding carboxylic acids is 1. The molecule has 0 atom stereocenters. The maximum Gasteiger partial charge on any atom is 0.270 e. The SMILES string of the molecule is O=C(c1cc2occc2n1CCOc1ccccc1)N1CCCC1. The molecule has 0 spiro atoms. The molecule has 1 aliphatic rings. The van der Waals surface area contributed by atoms with Crippen LogP contribution in [-0.2, 0) is 6.54 Å². The minimum Gasteiger partial charge on any atom is -0.492 e. The third-order valence-corrected chi connectivity index (χ3v) is 4.46. The average Bonchev–Trinajstić information content (AvgIpc) is 3.33. The Balaban J connectivity index is 1.55. The van der Waals surface area contributed by atoms with Crippen LogP contribution in [0.1, 0.15) is 23.3 Å². The molecule has 0 radical (unpaired) electrons. The predicted octanol–water partition coefficient (Wildman–Crippen LogP) is 3.55. The molecule has 4 rings (SSSR count). The molecule has 1 amide bonds. The van der Waals surface area contributed by atoms with E-state index in [1.807, 2.05) is 51.9 Å². The van der Waals surface area contributed by atoms with Crippen LogP contribution in [0.3, 0.4) is 0 Å². The zero-order valence-corrected chi connectivity index (χ0v) is 13.5. The Labute approximate surface area is 140 Å². The van der Waals surface area contributed by atoms with Gasteiger partial charge in [-0.15, -0.1) is 0 Å². The van der Waals surface area contributed by atoms with Gasteiger partial charge in [0.05, 0.1) is 18.3 Å². The van der Waals surface area contributed by atoms with Gasteiger partial charge < -0.3 is 18.6 Å². The summed E-state index contributed by atoms with van der Waals surface area (Å²) in [4.78, 5) is 14.7. The summed E-state index contributed by atoms with van der Waals surface area (Å²) in [5, 5.41) is 0. The van der Waals surface area contributed by atoms with Crippen molar-refractivity contribution < 1.29 is 13.9 Å². The molecule has 5 heteroatoms. The fourth-order valence-corrected chi connectivity index (χ4v) is 3.25. The number of fused-ring (bicyclic) bond motifs is 1. The first-order valence-corrected chi connectivity index (χ1v) is 8.37. The molecule has 1 fully saturated rings. The van der Waals surface area contributed by atoms with Gasteiger partial charge in [0.15, 0.2) is 5.58 Å². The fraction of sp³-hybridized carbons (Fsp3) is 0.316. The Kier molecular flexibility index (Phi) is 3.99. The third-order valence-electron chi connectivity index (χ3n) is 4.46. The van der Waals surface area contributed by atoms with Crippen LogP contribution < -0.4 is 4.74 Å². The summed E-state index contributed by atoms with van der Waals surface area (Å²) in [5.41, 5.74) is 2.37. The van der Waals surface area contributed by atoms with E-state index in [4.69, 9.17) is 9.15 Å². The summed E-state index contributed by atoms with van der Waals surface area (Å²) < 4.78 is 13.3. The summed E-state index contributed by atoms with van der Waals surface area (Å²) in [6.45, 7) is 2.78. The maximum absolute atomic E-state index is 12.8. The highest BCUT2D eigenvalue weighted by atomic mass is 16.5. The molecule has 1 aromatic carbocycles. The topological polar surface area (TPSA) is 47.6 Å². The van der Waals surface area contributed by atoms with E-state index in [1.54, 1.807) is 6.26 Å². The first-order chi connectivity index (χ1) is 11.8. The van der Waals surface area contributed by atoms with Gasteiger partial charge in [0, 0.05) is 25.2 Å². The monoisotopic (exact) mass is 324 g/mol. The number of amides is 1. The molecular weight excluding hydrogens is 304 g/mol. The van der Waals surface area contributed by atoms with E-state index in [-0.39, 0.29) is 5.91 Å². The normalized spacial score (nSPS) is 14.4. The van der Waals surface area contributed by atoms with Crippen molar-refractivity contribution in [2.45, 2.75) is 19.4 Å². The van der Waals surface area contributed by atoms with Crippen LogP contribution in [0, 0.1) is 0 Å². The molecule has 3 heterocycles. The number of hydrogen-bond acceptors (Lipinski definition) is 3. The van der Waals surface area contributed by atoms with Crippen molar-refractivity contribution >= 4 is 17.0 Å². The largest absolute Gasteiger partial charge is 0.492 e. The van der Waals surface area contributed by atoms with Crippen molar-refractivity contribution in [2.24, 2.45) is 0 Å². The number of benzene rings is 1.